The van der Waals surface area contributed by atoms with Crippen LogP contribution < -0.4 is 16.0 Å². The predicted octanol–water partition coefficient (Wildman–Crippen LogP) is 0.0643. The van der Waals surface area contributed by atoms with Gasteiger partial charge >= 0.3 is 0 Å². The Bertz CT molecular complexity index is 1460. The van der Waals surface area contributed by atoms with Gasteiger partial charge in [-0.3, -0.25) is 29.0 Å². The normalized spacial score (nSPS) is 27.6. The maximum absolute atomic E-state index is 14.1. The first-order valence-corrected chi connectivity index (χ1v) is 13.9. The van der Waals surface area contributed by atoms with Crippen molar-refractivity contribution in [1.29, 1.82) is 0 Å². The Morgan fingerprint density at radius 3 is 2.33 bits per heavy atom. The van der Waals surface area contributed by atoms with Crippen LogP contribution in [0.15, 0.2) is 23.0 Å². The van der Waals surface area contributed by atoms with Gasteiger partial charge in [0.25, 0.3) is 5.91 Å². The van der Waals surface area contributed by atoms with Crippen LogP contribution in [-0.2, 0) is 25.6 Å². The third-order valence-electron chi connectivity index (χ3n) is 9.02. The van der Waals surface area contributed by atoms with Crippen LogP contribution in [0.5, 0.6) is 5.75 Å². The SMILES string of the molecule is CN(C)c1cc(NC(=O)CN2CCCC2)c(O)c2c1CC1CC3[C@H](N(C)C)C(=O)C(C(N)=O)=C(O)C3(O)C(=O)C1=C2O. The maximum atomic E-state index is 14.1. The van der Waals surface area contributed by atoms with Crippen molar-refractivity contribution in [3.63, 3.8) is 0 Å². The molecule has 2 fully saturated rings. The first-order valence-electron chi connectivity index (χ1n) is 13.9. The van der Waals surface area contributed by atoms with Gasteiger partial charge in [0.2, 0.25) is 11.7 Å². The van der Waals surface area contributed by atoms with E-state index in [2.05, 4.69) is 5.32 Å². The number of nitrogens with two attached hydrogens (primary N) is 1. The van der Waals surface area contributed by atoms with E-state index in [0.29, 0.717) is 11.3 Å². The van der Waals surface area contributed by atoms with Gasteiger partial charge in [-0.15, -0.1) is 0 Å². The van der Waals surface area contributed by atoms with Gasteiger partial charge in [-0.05, 0) is 70.4 Å². The number of carbonyl (C=O) groups excluding carboxylic acids is 4. The zero-order chi connectivity index (χ0) is 30.8. The molecule has 1 aliphatic heterocycles. The van der Waals surface area contributed by atoms with Crippen LogP contribution in [0.1, 0.15) is 30.4 Å². The van der Waals surface area contributed by atoms with Crippen molar-refractivity contribution in [3.05, 3.63) is 34.1 Å². The van der Waals surface area contributed by atoms with E-state index in [1.165, 1.54) is 4.90 Å². The number of aliphatic hydroxyl groups is 3. The second-order valence-corrected chi connectivity index (χ2v) is 12.0. The Labute approximate surface area is 242 Å². The van der Waals surface area contributed by atoms with Gasteiger partial charge in [0.1, 0.15) is 22.8 Å². The number of aliphatic hydroxyl groups excluding tert-OH is 2. The lowest BCUT2D eigenvalue weighted by atomic mass is 9.57. The van der Waals surface area contributed by atoms with Crippen molar-refractivity contribution >= 4 is 40.5 Å². The molecule has 226 valence electrons. The second-order valence-electron chi connectivity index (χ2n) is 12.0. The van der Waals surface area contributed by atoms with Crippen LogP contribution in [0.4, 0.5) is 11.4 Å². The number of carbonyl (C=O) groups is 4. The average molecular weight is 584 g/mol. The van der Waals surface area contributed by atoms with Crippen molar-refractivity contribution < 1.29 is 39.6 Å². The Kier molecular flexibility index (Phi) is 7.32. The van der Waals surface area contributed by atoms with E-state index >= 15 is 0 Å². The molecular weight excluding hydrogens is 546 g/mol. The molecule has 1 heterocycles. The fourth-order valence-electron chi connectivity index (χ4n) is 7.12. The molecular formula is C29H37N5O8. The van der Waals surface area contributed by atoms with Gasteiger partial charge in [0, 0.05) is 31.3 Å². The van der Waals surface area contributed by atoms with Crippen molar-refractivity contribution in [1.82, 2.24) is 9.80 Å². The molecule has 0 radical (unpaired) electrons. The number of likely N-dealkylation sites (N-methyl/N-ethyl adjacent to an activating group) is 1. The molecule has 5 rings (SSSR count). The minimum absolute atomic E-state index is 0.00624. The summed E-state index contributed by atoms with van der Waals surface area (Å²) in [5.74, 6) is -7.57. The molecule has 13 nitrogen and oxygen atoms in total. The topological polar surface area (TPSA) is 197 Å². The molecule has 13 heteroatoms. The zero-order valence-corrected chi connectivity index (χ0v) is 24.1. The smallest absolute Gasteiger partial charge is 0.255 e. The quantitative estimate of drug-likeness (QED) is 0.196. The number of ketones is 2. The highest BCUT2D eigenvalue weighted by Crippen LogP contribution is 2.54. The number of Topliss-reactive ketones (excluding diaryl/α,β-unsaturated/α-hetero) is 2. The summed E-state index contributed by atoms with van der Waals surface area (Å²) in [4.78, 5) is 57.5. The number of fused-ring (bicyclic) bond motifs is 3. The summed E-state index contributed by atoms with van der Waals surface area (Å²) >= 11 is 0. The number of primary amides is 1. The minimum Gasteiger partial charge on any atom is -0.508 e. The minimum atomic E-state index is -2.72. The Balaban J connectivity index is 1.64. The molecule has 1 saturated carbocycles. The van der Waals surface area contributed by atoms with E-state index in [4.69, 9.17) is 5.73 Å². The second kappa shape index (κ2) is 10.4. The molecule has 7 N–H and O–H groups in total. The van der Waals surface area contributed by atoms with Crippen LogP contribution in [0, 0.1) is 11.8 Å². The fraction of sp³-hybridized carbons (Fsp3) is 0.517. The summed E-state index contributed by atoms with van der Waals surface area (Å²) in [7, 11) is 6.63. The van der Waals surface area contributed by atoms with Gasteiger partial charge in [-0.1, -0.05) is 0 Å². The first-order chi connectivity index (χ1) is 19.7. The number of phenolic OH excluding ortho intramolecular Hbond substituents is 1. The van der Waals surface area contributed by atoms with Gasteiger partial charge in [-0.25, -0.2) is 0 Å². The molecule has 1 saturated heterocycles. The van der Waals surface area contributed by atoms with E-state index in [1.54, 1.807) is 39.2 Å². The highest BCUT2D eigenvalue weighted by Gasteiger charge is 2.64. The van der Waals surface area contributed by atoms with Crippen LogP contribution in [-0.4, -0.2) is 113 Å². The number of rotatable bonds is 6. The molecule has 4 aliphatic rings. The molecule has 4 atom stereocenters. The highest BCUT2D eigenvalue weighted by atomic mass is 16.3. The standard InChI is InChI=1S/C29H37N5O8/c1-32(2)17-11-16(31-18(35)12-34-7-5-6-8-34)23(36)20-14(17)9-13-10-15-22(33(3)4)25(38)21(28(30)41)27(40)29(15,42)26(39)19(13)24(20)37/h11,13,15,22,36-37,40,42H,5-10,12H2,1-4H3,(H2,30,41)(H,31,35)/t13?,15?,22-,29?/m0/s1. The lowest BCUT2D eigenvalue weighted by molar-refractivity contribution is -0.153. The predicted molar refractivity (Wildman–Crippen MR) is 153 cm³/mol. The molecule has 0 bridgehead atoms. The van der Waals surface area contributed by atoms with Gasteiger partial charge < -0.3 is 36.4 Å². The zero-order valence-electron chi connectivity index (χ0n) is 24.1. The number of benzene rings is 1. The fourth-order valence-corrected chi connectivity index (χ4v) is 7.12. The summed E-state index contributed by atoms with van der Waals surface area (Å²) in [6, 6.07) is 0.452. The van der Waals surface area contributed by atoms with E-state index in [9.17, 15) is 39.6 Å². The van der Waals surface area contributed by atoms with E-state index in [1.807, 2.05) is 4.90 Å². The third kappa shape index (κ3) is 4.34. The van der Waals surface area contributed by atoms with Crippen molar-refractivity contribution in [2.75, 3.05) is 58.0 Å². The summed E-state index contributed by atoms with van der Waals surface area (Å²) < 4.78 is 0. The number of hydrogen-bond donors (Lipinski definition) is 6. The highest BCUT2D eigenvalue weighted by molar-refractivity contribution is 6.24. The average Bonchev–Trinajstić information content (AvgIpc) is 3.40. The first kappa shape index (κ1) is 29.5. The Hall–Kier alpha value is -3.94. The summed E-state index contributed by atoms with van der Waals surface area (Å²) in [5, 5.41) is 48.4. The number of anilines is 2. The molecule has 42 heavy (non-hydrogen) atoms. The maximum Gasteiger partial charge on any atom is 0.255 e. The van der Waals surface area contributed by atoms with Crippen LogP contribution in [0.2, 0.25) is 0 Å². The van der Waals surface area contributed by atoms with Gasteiger partial charge in [0.15, 0.2) is 11.4 Å². The molecule has 3 unspecified atom stereocenters. The van der Waals surface area contributed by atoms with E-state index in [0.717, 1.165) is 25.9 Å². The number of nitrogens with zero attached hydrogens (tertiary/aromatic N) is 3. The number of hydrogen-bond acceptors (Lipinski definition) is 11. The summed E-state index contributed by atoms with van der Waals surface area (Å²) in [6.07, 6.45) is 2.15. The summed E-state index contributed by atoms with van der Waals surface area (Å²) in [5.41, 5.74) is 2.62. The molecule has 1 aromatic rings. The van der Waals surface area contributed by atoms with Crippen LogP contribution >= 0.6 is 0 Å². The van der Waals surface area contributed by atoms with Crippen molar-refractivity contribution in [2.45, 2.75) is 37.3 Å². The Morgan fingerprint density at radius 1 is 1.12 bits per heavy atom. The lowest BCUT2D eigenvalue weighted by Crippen LogP contribution is -2.65. The molecule has 1 aromatic carbocycles. The molecule has 0 aromatic heterocycles. The van der Waals surface area contributed by atoms with Gasteiger partial charge in [0.05, 0.1) is 23.8 Å². The largest absolute Gasteiger partial charge is 0.508 e. The third-order valence-corrected chi connectivity index (χ3v) is 9.02. The van der Waals surface area contributed by atoms with Gasteiger partial charge in [-0.2, -0.15) is 0 Å². The number of aromatic hydroxyl groups is 1. The Morgan fingerprint density at radius 2 is 1.76 bits per heavy atom. The number of amides is 2. The number of nitrogens with one attached hydrogen (secondary N) is 1. The van der Waals surface area contributed by atoms with E-state index < -0.39 is 63.8 Å². The molecule has 0 spiro atoms. The molecule has 2 amide bonds. The number of phenols is 1. The number of likely N-dealkylation sites (tertiary alicyclic amines) is 1. The van der Waals surface area contributed by atoms with E-state index in [-0.39, 0.29) is 42.1 Å². The summed E-state index contributed by atoms with van der Waals surface area (Å²) in [6.45, 7) is 1.73. The molecule has 3 aliphatic carbocycles. The monoisotopic (exact) mass is 583 g/mol. The van der Waals surface area contributed by atoms with Crippen LogP contribution in [0.3, 0.4) is 0 Å². The van der Waals surface area contributed by atoms with Crippen LogP contribution in [0.25, 0.3) is 5.76 Å². The van der Waals surface area contributed by atoms with Crippen molar-refractivity contribution in [2.24, 2.45) is 17.6 Å². The van der Waals surface area contributed by atoms with Crippen molar-refractivity contribution in [3.8, 4) is 5.75 Å². The lowest BCUT2D eigenvalue weighted by Gasteiger charge is -2.50.